The molecule has 0 aromatic carbocycles. The molecule has 0 aliphatic carbocycles. The molecule has 0 amide bonds. The van der Waals surface area contributed by atoms with E-state index >= 15 is 0 Å². The van der Waals surface area contributed by atoms with Crippen LogP contribution in [-0.2, 0) is 6.54 Å². The van der Waals surface area contributed by atoms with E-state index in [0.717, 1.165) is 23.5 Å². The second-order valence-corrected chi connectivity index (χ2v) is 3.77. The zero-order valence-electron chi connectivity index (χ0n) is 9.47. The van der Waals surface area contributed by atoms with Gasteiger partial charge < -0.3 is 4.98 Å². The van der Waals surface area contributed by atoms with E-state index in [-0.39, 0.29) is 0 Å². The lowest BCUT2D eigenvalue weighted by molar-refractivity contribution is 0.320. The van der Waals surface area contributed by atoms with Crippen molar-refractivity contribution >= 4 is 15.9 Å². The third-order valence-corrected chi connectivity index (χ3v) is 2.03. The first-order chi connectivity index (χ1) is 6.72. The summed E-state index contributed by atoms with van der Waals surface area (Å²) in [4.78, 5) is 9.56. The Balaban J connectivity index is 0.000000791. The monoisotopic (exact) mass is 261 g/mol. The molecule has 0 aliphatic heterocycles. The molecule has 0 radical (unpaired) electrons. The quantitative estimate of drug-likeness (QED) is 0.904. The number of aromatic nitrogens is 2. The summed E-state index contributed by atoms with van der Waals surface area (Å²) in [6.45, 7) is 8.17. The van der Waals surface area contributed by atoms with Crippen LogP contribution >= 0.6 is 15.9 Å². The van der Waals surface area contributed by atoms with Crippen LogP contribution in [0, 0.1) is 0 Å². The second-order valence-electron chi connectivity index (χ2n) is 2.92. The van der Waals surface area contributed by atoms with E-state index in [2.05, 4.69) is 44.8 Å². The topological polar surface area (TPSA) is 31.9 Å². The number of nitrogens with one attached hydrogen (secondary N) is 1. The molecular weight excluding hydrogens is 242 g/mol. The van der Waals surface area contributed by atoms with Crippen molar-refractivity contribution in [2.45, 2.75) is 33.7 Å². The predicted molar refractivity (Wildman–Crippen MR) is 64.3 cm³/mol. The maximum Gasteiger partial charge on any atom is 0.121 e. The van der Waals surface area contributed by atoms with Crippen LogP contribution in [0.2, 0.25) is 0 Å². The Hall–Kier alpha value is -0.350. The van der Waals surface area contributed by atoms with Gasteiger partial charge in [-0.25, -0.2) is 4.98 Å². The average Bonchev–Trinajstić information content (AvgIpc) is 2.55. The van der Waals surface area contributed by atoms with Gasteiger partial charge in [-0.05, 0) is 35.9 Å². The number of rotatable bonds is 4. The first-order valence-corrected chi connectivity index (χ1v) is 5.89. The minimum absolute atomic E-state index is 0.888. The molecule has 82 valence electrons. The van der Waals surface area contributed by atoms with Crippen LogP contribution in [0.25, 0.3) is 0 Å². The van der Waals surface area contributed by atoms with Gasteiger partial charge in [-0.3, -0.25) is 4.90 Å². The Morgan fingerprint density at radius 1 is 1.50 bits per heavy atom. The molecule has 0 aliphatic rings. The van der Waals surface area contributed by atoms with Gasteiger partial charge in [0.15, 0.2) is 0 Å². The zero-order valence-corrected chi connectivity index (χ0v) is 11.1. The van der Waals surface area contributed by atoms with E-state index in [1.54, 1.807) is 6.20 Å². The maximum atomic E-state index is 4.19. The highest BCUT2D eigenvalue weighted by molar-refractivity contribution is 9.10. The van der Waals surface area contributed by atoms with E-state index < -0.39 is 0 Å². The molecule has 1 aromatic rings. The molecule has 0 fully saturated rings. The summed E-state index contributed by atoms with van der Waals surface area (Å²) in [5.41, 5.74) is 0. The molecule has 0 saturated heterocycles. The number of aromatic amines is 1. The van der Waals surface area contributed by atoms with Crippen molar-refractivity contribution in [2.75, 3.05) is 13.6 Å². The van der Waals surface area contributed by atoms with Gasteiger partial charge >= 0.3 is 0 Å². The Morgan fingerprint density at radius 3 is 2.57 bits per heavy atom. The summed E-state index contributed by atoms with van der Waals surface area (Å²) in [7, 11) is 2.10. The molecule has 0 bridgehead atoms. The fourth-order valence-electron chi connectivity index (χ4n) is 1.13. The molecule has 3 nitrogen and oxygen atoms in total. The molecule has 0 saturated carbocycles. The molecule has 1 heterocycles. The highest BCUT2D eigenvalue weighted by Crippen LogP contribution is 2.06. The summed E-state index contributed by atoms with van der Waals surface area (Å²) >= 11 is 3.32. The zero-order chi connectivity index (χ0) is 11.0. The van der Waals surface area contributed by atoms with Gasteiger partial charge in [-0.15, -0.1) is 0 Å². The van der Waals surface area contributed by atoms with Crippen molar-refractivity contribution in [3.8, 4) is 0 Å². The first-order valence-electron chi connectivity index (χ1n) is 5.10. The van der Waals surface area contributed by atoms with Crippen LogP contribution in [0.3, 0.4) is 0 Å². The van der Waals surface area contributed by atoms with E-state index in [4.69, 9.17) is 0 Å². The Kier molecular flexibility index (Phi) is 7.80. The molecule has 1 N–H and O–H groups in total. The standard InChI is InChI=1S/C8H14BrN3.C2H6/c1-3-4-12(2)6-8-10-5-7(9)11-8;1-2/h5H,3-4,6H2,1-2H3,(H,10,11);1-2H3. The van der Waals surface area contributed by atoms with Gasteiger partial charge in [0, 0.05) is 0 Å². The molecular formula is C10H20BrN3. The van der Waals surface area contributed by atoms with Gasteiger partial charge in [-0.2, -0.15) is 0 Å². The normalized spacial score (nSPS) is 9.86. The van der Waals surface area contributed by atoms with Crippen molar-refractivity contribution in [2.24, 2.45) is 0 Å². The number of halogens is 1. The maximum absolute atomic E-state index is 4.19. The number of hydrogen-bond acceptors (Lipinski definition) is 2. The van der Waals surface area contributed by atoms with Gasteiger partial charge in [0.2, 0.25) is 0 Å². The highest BCUT2D eigenvalue weighted by atomic mass is 79.9. The molecule has 0 atom stereocenters. The van der Waals surface area contributed by atoms with Gasteiger partial charge in [0.05, 0.1) is 12.7 Å². The van der Waals surface area contributed by atoms with Crippen LogP contribution in [0.4, 0.5) is 0 Å². The SMILES string of the molecule is CC.CCCN(C)Cc1ncc(Br)[nH]1. The second kappa shape index (κ2) is 8.00. The lowest BCUT2D eigenvalue weighted by Crippen LogP contribution is -2.19. The number of imidazole rings is 1. The molecule has 14 heavy (non-hydrogen) atoms. The van der Waals surface area contributed by atoms with Crippen LogP contribution < -0.4 is 0 Å². The number of nitrogens with zero attached hydrogens (tertiary/aromatic N) is 2. The Bertz CT molecular complexity index is 235. The van der Waals surface area contributed by atoms with Crippen molar-refractivity contribution in [3.05, 3.63) is 16.6 Å². The molecule has 1 aromatic heterocycles. The van der Waals surface area contributed by atoms with E-state index in [0.29, 0.717) is 0 Å². The minimum atomic E-state index is 0.888. The third kappa shape index (κ3) is 5.40. The fourth-order valence-corrected chi connectivity index (χ4v) is 1.47. The predicted octanol–water partition coefficient (Wildman–Crippen LogP) is 3.04. The van der Waals surface area contributed by atoms with Crippen LogP contribution in [0.5, 0.6) is 0 Å². The Morgan fingerprint density at radius 2 is 2.14 bits per heavy atom. The summed E-state index contributed by atoms with van der Waals surface area (Å²) in [5, 5.41) is 0. The van der Waals surface area contributed by atoms with Crippen LogP contribution in [0.1, 0.15) is 33.0 Å². The highest BCUT2D eigenvalue weighted by Gasteiger charge is 2.01. The van der Waals surface area contributed by atoms with Crippen molar-refractivity contribution in [3.63, 3.8) is 0 Å². The van der Waals surface area contributed by atoms with Crippen molar-refractivity contribution in [1.29, 1.82) is 0 Å². The number of H-pyrrole nitrogens is 1. The average molecular weight is 262 g/mol. The van der Waals surface area contributed by atoms with Crippen LogP contribution in [0.15, 0.2) is 10.8 Å². The molecule has 4 heteroatoms. The van der Waals surface area contributed by atoms with E-state index in [9.17, 15) is 0 Å². The smallest absolute Gasteiger partial charge is 0.121 e. The van der Waals surface area contributed by atoms with Gasteiger partial charge in [0.25, 0.3) is 0 Å². The Labute approximate surface area is 95.0 Å². The fraction of sp³-hybridized carbons (Fsp3) is 0.700. The minimum Gasteiger partial charge on any atom is -0.336 e. The first kappa shape index (κ1) is 13.7. The van der Waals surface area contributed by atoms with E-state index in [1.807, 2.05) is 13.8 Å². The van der Waals surface area contributed by atoms with E-state index in [1.165, 1.54) is 6.42 Å². The molecule has 0 unspecified atom stereocenters. The third-order valence-electron chi connectivity index (χ3n) is 1.62. The lowest BCUT2D eigenvalue weighted by atomic mass is 10.4. The summed E-state index contributed by atoms with van der Waals surface area (Å²) in [6, 6.07) is 0. The number of hydrogen-bond donors (Lipinski definition) is 1. The van der Waals surface area contributed by atoms with Gasteiger partial charge in [0.1, 0.15) is 10.4 Å². The molecule has 1 rings (SSSR count). The summed E-state index contributed by atoms with van der Waals surface area (Å²) < 4.78 is 0.947. The lowest BCUT2D eigenvalue weighted by Gasteiger charge is -2.12. The van der Waals surface area contributed by atoms with Gasteiger partial charge in [-0.1, -0.05) is 20.8 Å². The van der Waals surface area contributed by atoms with Crippen LogP contribution in [-0.4, -0.2) is 28.5 Å². The summed E-state index contributed by atoms with van der Waals surface area (Å²) in [5.74, 6) is 1.01. The van der Waals surface area contributed by atoms with Crippen molar-refractivity contribution < 1.29 is 0 Å². The summed E-state index contributed by atoms with van der Waals surface area (Å²) in [6.07, 6.45) is 2.97. The molecule has 0 spiro atoms. The largest absolute Gasteiger partial charge is 0.336 e. The van der Waals surface area contributed by atoms with Crippen molar-refractivity contribution in [1.82, 2.24) is 14.9 Å².